The third-order valence-corrected chi connectivity index (χ3v) is 5.51. The van der Waals surface area contributed by atoms with Crippen LogP contribution >= 0.6 is 22.9 Å². The van der Waals surface area contributed by atoms with Gasteiger partial charge in [0, 0.05) is 49.7 Å². The summed E-state index contributed by atoms with van der Waals surface area (Å²) >= 11 is 7.52. The van der Waals surface area contributed by atoms with Crippen LogP contribution in [-0.4, -0.2) is 53.9 Å². The highest BCUT2D eigenvalue weighted by Gasteiger charge is 2.26. The van der Waals surface area contributed by atoms with Crippen LogP contribution in [0.15, 0.2) is 30.3 Å². The lowest BCUT2D eigenvalue weighted by Gasteiger charge is -2.34. The van der Waals surface area contributed by atoms with E-state index in [9.17, 15) is 14.9 Å². The Bertz CT molecular complexity index is 818. The van der Waals surface area contributed by atoms with E-state index in [1.54, 1.807) is 16.2 Å². The summed E-state index contributed by atoms with van der Waals surface area (Å²) in [5, 5.41) is 11.0. The molecule has 1 aromatic heterocycles. The number of non-ortho nitro benzene ring substituents is 1. The van der Waals surface area contributed by atoms with Crippen molar-refractivity contribution in [3.05, 3.63) is 55.2 Å². The van der Waals surface area contributed by atoms with Crippen LogP contribution in [0.25, 0.3) is 0 Å². The third kappa shape index (κ3) is 4.14. The number of ether oxygens (including phenoxy) is 1. The van der Waals surface area contributed by atoms with Crippen LogP contribution in [0.5, 0.6) is 5.75 Å². The Balaban J connectivity index is 1.66. The topological polar surface area (TPSA) is 75.9 Å². The number of carbonyl (C=O) groups is 1. The van der Waals surface area contributed by atoms with Gasteiger partial charge in [0.2, 0.25) is 0 Å². The minimum Gasteiger partial charge on any atom is -0.496 e. The Hall–Kier alpha value is -2.16. The maximum absolute atomic E-state index is 12.8. The molecule has 2 heterocycles. The molecule has 0 atom stereocenters. The highest BCUT2D eigenvalue weighted by atomic mass is 35.5. The molecule has 1 amide bonds. The van der Waals surface area contributed by atoms with Gasteiger partial charge in [0.05, 0.1) is 21.9 Å². The first-order chi connectivity index (χ1) is 12.5. The van der Waals surface area contributed by atoms with Gasteiger partial charge in [0.1, 0.15) is 5.75 Å². The number of nitro groups is 1. The predicted molar refractivity (Wildman–Crippen MR) is 100 cm³/mol. The number of carbonyl (C=O) groups excluding carboxylic acids is 1. The van der Waals surface area contributed by atoms with Gasteiger partial charge in [-0.05, 0) is 18.2 Å². The monoisotopic (exact) mass is 395 g/mol. The zero-order chi connectivity index (χ0) is 18.7. The van der Waals surface area contributed by atoms with E-state index in [1.165, 1.54) is 30.2 Å². The summed E-state index contributed by atoms with van der Waals surface area (Å²) in [5.41, 5.74) is 0.0996. The van der Waals surface area contributed by atoms with Gasteiger partial charge < -0.3 is 9.64 Å². The Labute approximate surface area is 159 Å². The Morgan fingerprint density at radius 2 is 2.00 bits per heavy atom. The standard InChI is InChI=1S/C17H18ClN3O4S/c1-25-15-4-2-12(21(23)24)10-14(15)17(22)20-8-6-19(7-9-20)11-13-3-5-16(18)26-13/h2-5,10H,6-9,11H2,1H3. The Kier molecular flexibility index (Phi) is 5.75. The molecule has 9 heteroatoms. The molecule has 0 saturated carbocycles. The van der Waals surface area contributed by atoms with Crippen LogP contribution in [-0.2, 0) is 6.54 Å². The predicted octanol–water partition coefficient (Wildman–Crippen LogP) is 3.28. The molecule has 26 heavy (non-hydrogen) atoms. The molecule has 138 valence electrons. The molecule has 2 aromatic rings. The molecule has 0 bridgehead atoms. The summed E-state index contributed by atoms with van der Waals surface area (Å²) in [6, 6.07) is 7.97. The number of benzene rings is 1. The highest BCUT2D eigenvalue weighted by Crippen LogP contribution is 2.26. The number of methoxy groups -OCH3 is 1. The second-order valence-corrected chi connectivity index (χ2v) is 7.72. The SMILES string of the molecule is COc1ccc([N+](=O)[O-])cc1C(=O)N1CCN(Cc2ccc(Cl)s2)CC1. The molecule has 1 aromatic carbocycles. The van der Waals surface area contributed by atoms with Crippen LogP contribution in [0.3, 0.4) is 0 Å². The molecule has 7 nitrogen and oxygen atoms in total. The van der Waals surface area contributed by atoms with E-state index in [0.29, 0.717) is 18.8 Å². The fourth-order valence-corrected chi connectivity index (χ4v) is 4.04. The van der Waals surface area contributed by atoms with E-state index in [1.807, 2.05) is 12.1 Å². The lowest BCUT2D eigenvalue weighted by atomic mass is 10.1. The van der Waals surface area contributed by atoms with Crippen molar-refractivity contribution in [3.8, 4) is 5.75 Å². The first kappa shape index (κ1) is 18.6. The summed E-state index contributed by atoms with van der Waals surface area (Å²) in [4.78, 5) is 28.5. The number of rotatable bonds is 5. The molecule has 0 spiro atoms. The Morgan fingerprint density at radius 1 is 1.27 bits per heavy atom. The van der Waals surface area contributed by atoms with Crippen molar-refractivity contribution in [2.45, 2.75) is 6.54 Å². The molecule has 0 aliphatic carbocycles. The molecular weight excluding hydrogens is 378 g/mol. The minimum absolute atomic E-state index is 0.123. The molecule has 0 radical (unpaired) electrons. The first-order valence-corrected chi connectivity index (χ1v) is 9.25. The maximum atomic E-state index is 12.8. The molecule has 3 rings (SSSR count). The van der Waals surface area contributed by atoms with Crippen LogP contribution in [0.1, 0.15) is 15.2 Å². The third-order valence-electron chi connectivity index (χ3n) is 4.29. The van der Waals surface area contributed by atoms with Crippen molar-refractivity contribution < 1.29 is 14.5 Å². The molecule has 1 saturated heterocycles. The molecule has 1 aliphatic rings. The van der Waals surface area contributed by atoms with E-state index < -0.39 is 4.92 Å². The van der Waals surface area contributed by atoms with Gasteiger partial charge in [-0.3, -0.25) is 19.8 Å². The van der Waals surface area contributed by atoms with Crippen LogP contribution < -0.4 is 4.74 Å². The van der Waals surface area contributed by atoms with Crippen molar-refractivity contribution in [2.24, 2.45) is 0 Å². The molecule has 1 aliphatic heterocycles. The zero-order valence-electron chi connectivity index (χ0n) is 14.2. The average Bonchev–Trinajstić information content (AvgIpc) is 3.06. The molecule has 0 N–H and O–H groups in total. The minimum atomic E-state index is -0.514. The van der Waals surface area contributed by atoms with Gasteiger partial charge in [0.25, 0.3) is 11.6 Å². The number of hydrogen-bond acceptors (Lipinski definition) is 6. The molecule has 0 unspecified atom stereocenters. The Morgan fingerprint density at radius 3 is 2.58 bits per heavy atom. The van der Waals surface area contributed by atoms with Gasteiger partial charge in [-0.25, -0.2) is 0 Å². The summed E-state index contributed by atoms with van der Waals surface area (Å²) in [6.07, 6.45) is 0. The number of hydrogen-bond donors (Lipinski definition) is 0. The number of amides is 1. The van der Waals surface area contributed by atoms with Gasteiger partial charge in [-0.15, -0.1) is 11.3 Å². The van der Waals surface area contributed by atoms with Gasteiger partial charge in [0.15, 0.2) is 0 Å². The lowest BCUT2D eigenvalue weighted by molar-refractivity contribution is -0.384. The fourth-order valence-electron chi connectivity index (χ4n) is 2.91. The number of piperazine rings is 1. The number of thiophene rings is 1. The van der Waals surface area contributed by atoms with Crippen LogP contribution in [0.4, 0.5) is 5.69 Å². The average molecular weight is 396 g/mol. The first-order valence-electron chi connectivity index (χ1n) is 8.06. The quantitative estimate of drug-likeness (QED) is 0.573. The van der Waals surface area contributed by atoms with E-state index >= 15 is 0 Å². The van der Waals surface area contributed by atoms with Crippen molar-refractivity contribution in [1.29, 1.82) is 0 Å². The highest BCUT2D eigenvalue weighted by molar-refractivity contribution is 7.16. The summed E-state index contributed by atoms with van der Waals surface area (Å²) in [7, 11) is 1.45. The van der Waals surface area contributed by atoms with Gasteiger partial charge >= 0.3 is 0 Å². The molecular formula is C17H18ClN3O4S. The maximum Gasteiger partial charge on any atom is 0.270 e. The van der Waals surface area contributed by atoms with E-state index in [-0.39, 0.29) is 17.2 Å². The second-order valence-electron chi connectivity index (χ2n) is 5.92. The molecule has 1 fully saturated rings. The normalized spacial score (nSPS) is 15.1. The van der Waals surface area contributed by atoms with Gasteiger partial charge in [-0.2, -0.15) is 0 Å². The summed E-state index contributed by atoms with van der Waals surface area (Å²) in [5.74, 6) is 0.0978. The fraction of sp³-hybridized carbons (Fsp3) is 0.353. The number of nitrogens with zero attached hydrogens (tertiary/aromatic N) is 3. The van der Waals surface area contributed by atoms with Crippen molar-refractivity contribution in [1.82, 2.24) is 9.80 Å². The van der Waals surface area contributed by atoms with Crippen LogP contribution in [0.2, 0.25) is 4.34 Å². The van der Waals surface area contributed by atoms with Crippen molar-refractivity contribution >= 4 is 34.5 Å². The largest absolute Gasteiger partial charge is 0.496 e. The van der Waals surface area contributed by atoms with Crippen molar-refractivity contribution in [3.63, 3.8) is 0 Å². The summed E-state index contributed by atoms with van der Waals surface area (Å²) < 4.78 is 5.97. The second kappa shape index (κ2) is 8.03. The van der Waals surface area contributed by atoms with E-state index in [4.69, 9.17) is 16.3 Å². The van der Waals surface area contributed by atoms with Crippen molar-refractivity contribution in [2.75, 3.05) is 33.3 Å². The number of halogens is 1. The van der Waals surface area contributed by atoms with E-state index in [2.05, 4.69) is 4.90 Å². The van der Waals surface area contributed by atoms with Gasteiger partial charge in [-0.1, -0.05) is 11.6 Å². The smallest absolute Gasteiger partial charge is 0.270 e. The van der Waals surface area contributed by atoms with Crippen LogP contribution in [0, 0.1) is 10.1 Å². The lowest BCUT2D eigenvalue weighted by Crippen LogP contribution is -2.48. The summed E-state index contributed by atoms with van der Waals surface area (Å²) in [6.45, 7) is 3.39. The van der Waals surface area contributed by atoms with E-state index in [0.717, 1.165) is 24.0 Å². The zero-order valence-corrected chi connectivity index (χ0v) is 15.8. The number of nitro benzene ring substituents is 1.